The van der Waals surface area contributed by atoms with E-state index < -0.39 is 5.25 Å². The number of anilines is 1. The monoisotopic (exact) mass is 408 g/mol. The predicted octanol–water partition coefficient (Wildman–Crippen LogP) is 4.09. The molecule has 0 bridgehead atoms. The standard InChI is InChI=1S/C17H17ClN4O2S2/c1-3-22-15(24)13(26-17(22)21-16-19-6-7-25-16)9-14(23)20-12-8-11(18)5-4-10(12)2/h4-8,13H,3,9H2,1-2H3,(H,20,23)/t13-/m0/s1. The van der Waals surface area contributed by atoms with Crippen LogP contribution in [0.3, 0.4) is 0 Å². The van der Waals surface area contributed by atoms with Crippen molar-refractivity contribution in [2.24, 2.45) is 4.99 Å². The molecule has 1 saturated heterocycles. The number of halogens is 1. The normalized spacial score (nSPS) is 18.6. The third-order valence-corrected chi connectivity index (χ3v) is 5.87. The molecule has 3 rings (SSSR count). The Balaban J connectivity index is 1.70. The highest BCUT2D eigenvalue weighted by molar-refractivity contribution is 8.15. The first-order valence-corrected chi connectivity index (χ1v) is 10.1. The van der Waals surface area contributed by atoms with Gasteiger partial charge in [-0.2, -0.15) is 4.99 Å². The van der Waals surface area contributed by atoms with Gasteiger partial charge in [-0.3, -0.25) is 14.5 Å². The van der Waals surface area contributed by atoms with Gasteiger partial charge in [-0.25, -0.2) is 4.98 Å². The highest BCUT2D eigenvalue weighted by Crippen LogP contribution is 2.32. The Hall–Kier alpha value is -1.90. The number of amides is 2. The van der Waals surface area contributed by atoms with Gasteiger partial charge in [0.15, 0.2) is 5.17 Å². The van der Waals surface area contributed by atoms with Crippen molar-refractivity contribution in [3.05, 3.63) is 40.4 Å². The number of nitrogens with one attached hydrogen (secondary N) is 1. The van der Waals surface area contributed by atoms with Crippen LogP contribution in [0.25, 0.3) is 0 Å². The SMILES string of the molecule is CCN1C(=O)[C@H](CC(=O)Nc2cc(Cl)ccc2C)SC1=Nc1nccs1. The number of thioether (sulfide) groups is 1. The molecule has 1 fully saturated rings. The molecule has 2 aromatic rings. The highest BCUT2D eigenvalue weighted by atomic mass is 35.5. The number of hydrogen-bond donors (Lipinski definition) is 1. The van der Waals surface area contributed by atoms with Crippen LogP contribution >= 0.6 is 34.7 Å². The van der Waals surface area contributed by atoms with Gasteiger partial charge in [0.25, 0.3) is 0 Å². The van der Waals surface area contributed by atoms with E-state index in [4.69, 9.17) is 11.6 Å². The van der Waals surface area contributed by atoms with E-state index in [1.54, 1.807) is 23.2 Å². The van der Waals surface area contributed by atoms with Crippen molar-refractivity contribution >= 4 is 62.5 Å². The molecule has 1 atom stereocenters. The fourth-order valence-electron chi connectivity index (χ4n) is 2.47. The van der Waals surface area contributed by atoms with E-state index in [0.717, 1.165) is 5.56 Å². The second-order valence-electron chi connectivity index (χ2n) is 5.61. The second-order valence-corrected chi connectivity index (χ2v) is 8.09. The number of aryl methyl sites for hydroxylation is 1. The van der Waals surface area contributed by atoms with Crippen molar-refractivity contribution in [1.82, 2.24) is 9.88 Å². The fourth-order valence-corrected chi connectivity index (χ4v) is 4.40. The van der Waals surface area contributed by atoms with Gasteiger partial charge in [-0.1, -0.05) is 29.4 Å². The zero-order valence-corrected chi connectivity index (χ0v) is 16.6. The molecule has 26 heavy (non-hydrogen) atoms. The Kier molecular flexibility index (Phi) is 5.95. The lowest BCUT2D eigenvalue weighted by atomic mass is 10.2. The molecule has 1 aliphatic rings. The van der Waals surface area contributed by atoms with E-state index in [0.29, 0.717) is 27.6 Å². The van der Waals surface area contributed by atoms with E-state index in [2.05, 4.69) is 15.3 Å². The molecule has 1 aliphatic heterocycles. The van der Waals surface area contributed by atoms with Crippen molar-refractivity contribution in [3.63, 3.8) is 0 Å². The summed E-state index contributed by atoms with van der Waals surface area (Å²) in [4.78, 5) is 35.1. The van der Waals surface area contributed by atoms with Crippen LogP contribution in [0.15, 0.2) is 34.8 Å². The summed E-state index contributed by atoms with van der Waals surface area (Å²) in [5.74, 6) is -0.335. The van der Waals surface area contributed by atoms with Crippen LogP contribution in [-0.4, -0.2) is 38.7 Å². The molecule has 1 aromatic carbocycles. The molecule has 1 N–H and O–H groups in total. The van der Waals surface area contributed by atoms with E-state index in [-0.39, 0.29) is 18.2 Å². The van der Waals surface area contributed by atoms with Crippen LogP contribution in [-0.2, 0) is 9.59 Å². The molecule has 0 saturated carbocycles. The number of benzene rings is 1. The number of aliphatic imine (C=N–C) groups is 1. The molecule has 9 heteroatoms. The number of amidine groups is 1. The van der Waals surface area contributed by atoms with Crippen molar-refractivity contribution in [2.45, 2.75) is 25.5 Å². The smallest absolute Gasteiger partial charge is 0.242 e. The van der Waals surface area contributed by atoms with Gasteiger partial charge in [-0.05, 0) is 31.5 Å². The first-order chi connectivity index (χ1) is 12.5. The topological polar surface area (TPSA) is 74.7 Å². The first-order valence-electron chi connectivity index (χ1n) is 8.00. The fraction of sp³-hybridized carbons (Fsp3) is 0.294. The van der Waals surface area contributed by atoms with Gasteiger partial charge in [0, 0.05) is 35.3 Å². The lowest BCUT2D eigenvalue weighted by molar-refractivity contribution is -0.128. The van der Waals surface area contributed by atoms with Crippen molar-refractivity contribution in [1.29, 1.82) is 0 Å². The Labute approximate surface area is 164 Å². The van der Waals surface area contributed by atoms with E-state index >= 15 is 0 Å². The summed E-state index contributed by atoms with van der Waals surface area (Å²) in [5.41, 5.74) is 1.57. The Morgan fingerprint density at radius 3 is 2.96 bits per heavy atom. The van der Waals surface area contributed by atoms with Gasteiger partial charge in [0.05, 0.1) is 0 Å². The summed E-state index contributed by atoms with van der Waals surface area (Å²) in [7, 11) is 0. The summed E-state index contributed by atoms with van der Waals surface area (Å²) in [6.07, 6.45) is 1.74. The quantitative estimate of drug-likeness (QED) is 0.808. The van der Waals surface area contributed by atoms with Gasteiger partial charge in [0.1, 0.15) is 5.25 Å². The van der Waals surface area contributed by atoms with Crippen LogP contribution in [0.4, 0.5) is 10.8 Å². The Morgan fingerprint density at radius 2 is 2.27 bits per heavy atom. The Bertz CT molecular complexity index is 854. The van der Waals surface area contributed by atoms with Crippen LogP contribution in [0.2, 0.25) is 5.02 Å². The minimum absolute atomic E-state index is 0.0723. The number of nitrogens with zero attached hydrogens (tertiary/aromatic N) is 3. The molecule has 2 amide bonds. The predicted molar refractivity (Wildman–Crippen MR) is 107 cm³/mol. The summed E-state index contributed by atoms with van der Waals surface area (Å²) in [6.45, 7) is 4.27. The van der Waals surface area contributed by atoms with Gasteiger partial charge in [0.2, 0.25) is 16.9 Å². The number of aromatic nitrogens is 1. The number of carbonyl (C=O) groups excluding carboxylic acids is 2. The minimum atomic E-state index is -0.492. The van der Waals surface area contributed by atoms with Crippen molar-refractivity contribution < 1.29 is 9.59 Å². The van der Waals surface area contributed by atoms with Gasteiger partial charge >= 0.3 is 0 Å². The van der Waals surface area contributed by atoms with Gasteiger partial charge in [-0.15, -0.1) is 11.3 Å². The molecular formula is C17H17ClN4O2S2. The zero-order valence-electron chi connectivity index (χ0n) is 14.2. The zero-order chi connectivity index (χ0) is 18.7. The number of carbonyl (C=O) groups is 2. The van der Waals surface area contributed by atoms with Crippen molar-refractivity contribution in [2.75, 3.05) is 11.9 Å². The van der Waals surface area contributed by atoms with E-state index in [9.17, 15) is 9.59 Å². The molecule has 136 valence electrons. The third-order valence-electron chi connectivity index (χ3n) is 3.79. The molecule has 6 nitrogen and oxygen atoms in total. The third kappa shape index (κ3) is 4.25. The van der Waals surface area contributed by atoms with Crippen molar-refractivity contribution in [3.8, 4) is 0 Å². The first kappa shape index (κ1) is 18.9. The minimum Gasteiger partial charge on any atom is -0.326 e. The van der Waals surface area contributed by atoms with Crippen LogP contribution < -0.4 is 5.32 Å². The second kappa shape index (κ2) is 8.20. The summed E-state index contributed by atoms with van der Waals surface area (Å²) in [5, 5.41) is 5.90. The molecular weight excluding hydrogens is 392 g/mol. The molecule has 0 radical (unpaired) electrons. The molecule has 2 heterocycles. The maximum absolute atomic E-state index is 12.6. The number of rotatable bonds is 5. The number of thiazole rings is 1. The van der Waals surface area contributed by atoms with Gasteiger partial charge < -0.3 is 5.32 Å². The maximum Gasteiger partial charge on any atom is 0.242 e. The Morgan fingerprint density at radius 1 is 1.46 bits per heavy atom. The van der Waals surface area contributed by atoms with Crippen LogP contribution in [0.5, 0.6) is 0 Å². The van der Waals surface area contributed by atoms with Crippen LogP contribution in [0, 0.1) is 6.92 Å². The molecule has 0 spiro atoms. The summed E-state index contributed by atoms with van der Waals surface area (Å²) in [6, 6.07) is 5.31. The number of hydrogen-bond acceptors (Lipinski definition) is 6. The molecule has 0 aliphatic carbocycles. The highest BCUT2D eigenvalue weighted by Gasteiger charge is 2.38. The lowest BCUT2D eigenvalue weighted by Gasteiger charge is -2.13. The molecule has 1 aromatic heterocycles. The average molecular weight is 409 g/mol. The average Bonchev–Trinajstić information content (AvgIpc) is 3.20. The van der Waals surface area contributed by atoms with Crippen LogP contribution in [0.1, 0.15) is 18.9 Å². The van der Waals surface area contributed by atoms with E-state index in [1.807, 2.05) is 25.3 Å². The summed E-state index contributed by atoms with van der Waals surface area (Å²) >= 11 is 8.69. The molecule has 0 unspecified atom stereocenters. The summed E-state index contributed by atoms with van der Waals surface area (Å²) < 4.78 is 0. The maximum atomic E-state index is 12.6. The van der Waals surface area contributed by atoms with E-state index in [1.165, 1.54) is 23.1 Å². The largest absolute Gasteiger partial charge is 0.326 e. The lowest BCUT2D eigenvalue weighted by Crippen LogP contribution is -2.33.